The molecule has 0 saturated carbocycles. The van der Waals surface area contributed by atoms with Gasteiger partial charge in [0.05, 0.1) is 12.2 Å². The van der Waals surface area contributed by atoms with E-state index in [1.54, 1.807) is 11.3 Å². The van der Waals surface area contributed by atoms with Crippen molar-refractivity contribution in [1.82, 2.24) is 15.2 Å². The Labute approximate surface area is 116 Å². The normalized spacial score (nSPS) is 14.2. The highest BCUT2D eigenvalue weighted by molar-refractivity contribution is 7.09. The first-order valence-electron chi connectivity index (χ1n) is 6.61. The molecular weight excluding hydrogens is 242 g/mol. The third kappa shape index (κ3) is 5.04. The van der Waals surface area contributed by atoms with Crippen molar-refractivity contribution in [3.63, 3.8) is 0 Å². The Morgan fingerprint density at radius 2 is 2.11 bits per heavy atom. The first-order chi connectivity index (χ1) is 8.32. The lowest BCUT2D eigenvalue weighted by atomic mass is 9.93. The summed E-state index contributed by atoms with van der Waals surface area (Å²) in [5.74, 6) is 0.669. The molecule has 0 bridgehead atoms. The minimum absolute atomic E-state index is 0.159. The number of thiazole rings is 1. The van der Waals surface area contributed by atoms with Gasteiger partial charge in [-0.2, -0.15) is 0 Å². The summed E-state index contributed by atoms with van der Waals surface area (Å²) in [5.41, 5.74) is 1.37. The summed E-state index contributed by atoms with van der Waals surface area (Å²) in [7, 11) is 4.18. The van der Waals surface area contributed by atoms with Crippen LogP contribution >= 0.6 is 11.3 Å². The van der Waals surface area contributed by atoms with Crippen molar-refractivity contribution in [3.05, 3.63) is 16.1 Å². The zero-order valence-electron chi connectivity index (χ0n) is 12.6. The van der Waals surface area contributed by atoms with Crippen LogP contribution < -0.4 is 5.32 Å². The molecule has 0 saturated heterocycles. The molecule has 1 unspecified atom stereocenters. The SMILES string of the molecule is CNCC(C)CN(C)Cc1nc(C(C)(C)C)cs1. The lowest BCUT2D eigenvalue weighted by Crippen LogP contribution is -2.29. The lowest BCUT2D eigenvalue weighted by Gasteiger charge is -2.20. The average molecular weight is 269 g/mol. The molecule has 1 N–H and O–H groups in total. The lowest BCUT2D eigenvalue weighted by molar-refractivity contribution is 0.275. The van der Waals surface area contributed by atoms with Crippen molar-refractivity contribution < 1.29 is 0 Å². The summed E-state index contributed by atoms with van der Waals surface area (Å²) in [6.45, 7) is 12.0. The molecule has 1 heterocycles. The fraction of sp³-hybridized carbons (Fsp3) is 0.786. The summed E-state index contributed by atoms with van der Waals surface area (Å²) < 4.78 is 0. The van der Waals surface area contributed by atoms with Crippen LogP contribution in [-0.4, -0.2) is 37.1 Å². The number of aromatic nitrogens is 1. The molecule has 4 heteroatoms. The summed E-state index contributed by atoms with van der Waals surface area (Å²) >= 11 is 1.78. The van der Waals surface area contributed by atoms with Gasteiger partial charge in [0.2, 0.25) is 0 Å². The van der Waals surface area contributed by atoms with E-state index in [2.05, 4.69) is 50.3 Å². The van der Waals surface area contributed by atoms with Crippen LogP contribution in [0.5, 0.6) is 0 Å². The van der Waals surface area contributed by atoms with Crippen LogP contribution in [0.25, 0.3) is 0 Å². The zero-order chi connectivity index (χ0) is 13.8. The summed E-state index contributed by atoms with van der Waals surface area (Å²) in [6, 6.07) is 0. The molecule has 104 valence electrons. The zero-order valence-corrected chi connectivity index (χ0v) is 13.4. The van der Waals surface area contributed by atoms with Crippen molar-refractivity contribution in [2.24, 2.45) is 5.92 Å². The van der Waals surface area contributed by atoms with Crippen LogP contribution in [0.4, 0.5) is 0 Å². The van der Waals surface area contributed by atoms with Gasteiger partial charge in [-0.3, -0.25) is 4.90 Å². The fourth-order valence-corrected chi connectivity index (χ4v) is 3.07. The van der Waals surface area contributed by atoms with Crippen LogP contribution in [-0.2, 0) is 12.0 Å². The van der Waals surface area contributed by atoms with Crippen molar-refractivity contribution in [2.75, 3.05) is 27.2 Å². The van der Waals surface area contributed by atoms with Crippen LogP contribution in [0.2, 0.25) is 0 Å². The van der Waals surface area contributed by atoms with Crippen molar-refractivity contribution >= 4 is 11.3 Å². The van der Waals surface area contributed by atoms with Crippen LogP contribution in [0.1, 0.15) is 38.4 Å². The molecular formula is C14H27N3S. The fourth-order valence-electron chi connectivity index (χ4n) is 1.97. The van der Waals surface area contributed by atoms with Crippen LogP contribution in [0, 0.1) is 5.92 Å². The minimum Gasteiger partial charge on any atom is -0.319 e. The average Bonchev–Trinajstić information content (AvgIpc) is 2.65. The van der Waals surface area contributed by atoms with E-state index in [0.29, 0.717) is 5.92 Å². The Balaban J connectivity index is 2.49. The number of nitrogens with zero attached hydrogens (tertiary/aromatic N) is 2. The molecule has 3 nitrogen and oxygen atoms in total. The summed E-state index contributed by atoms with van der Waals surface area (Å²) in [5, 5.41) is 6.64. The van der Waals surface area contributed by atoms with E-state index in [-0.39, 0.29) is 5.41 Å². The Hall–Kier alpha value is -0.450. The first-order valence-corrected chi connectivity index (χ1v) is 7.49. The van der Waals surface area contributed by atoms with E-state index in [1.807, 2.05) is 7.05 Å². The number of hydrogen-bond acceptors (Lipinski definition) is 4. The second-order valence-electron chi connectivity index (χ2n) is 6.24. The number of rotatable bonds is 6. The second-order valence-corrected chi connectivity index (χ2v) is 7.18. The number of nitrogens with one attached hydrogen (secondary N) is 1. The van der Waals surface area contributed by atoms with Gasteiger partial charge in [-0.25, -0.2) is 4.98 Å². The molecule has 0 aliphatic carbocycles. The van der Waals surface area contributed by atoms with Gasteiger partial charge in [0.15, 0.2) is 0 Å². The van der Waals surface area contributed by atoms with E-state index < -0.39 is 0 Å². The highest BCUT2D eigenvalue weighted by Crippen LogP contribution is 2.24. The molecule has 0 radical (unpaired) electrons. The molecule has 1 aromatic heterocycles. The smallest absolute Gasteiger partial charge is 0.107 e. The van der Waals surface area contributed by atoms with E-state index in [4.69, 9.17) is 4.98 Å². The van der Waals surface area contributed by atoms with E-state index >= 15 is 0 Å². The Bertz CT molecular complexity index is 354. The van der Waals surface area contributed by atoms with E-state index in [0.717, 1.165) is 19.6 Å². The predicted octanol–water partition coefficient (Wildman–Crippen LogP) is 2.73. The Morgan fingerprint density at radius 1 is 1.44 bits per heavy atom. The molecule has 1 atom stereocenters. The van der Waals surface area contributed by atoms with Gasteiger partial charge in [-0.05, 0) is 26.6 Å². The van der Waals surface area contributed by atoms with Gasteiger partial charge in [-0.15, -0.1) is 11.3 Å². The maximum atomic E-state index is 4.74. The predicted molar refractivity (Wildman–Crippen MR) is 80.2 cm³/mol. The number of hydrogen-bond donors (Lipinski definition) is 1. The quantitative estimate of drug-likeness (QED) is 0.860. The standard InChI is InChI=1S/C14H27N3S/c1-11(7-15-5)8-17(6)9-13-16-12(10-18-13)14(2,3)4/h10-11,15H,7-9H2,1-6H3. The van der Waals surface area contributed by atoms with E-state index in [9.17, 15) is 0 Å². The summed E-state index contributed by atoms with van der Waals surface area (Å²) in [4.78, 5) is 7.09. The maximum absolute atomic E-state index is 4.74. The molecule has 0 aromatic carbocycles. The largest absolute Gasteiger partial charge is 0.319 e. The molecule has 1 rings (SSSR count). The third-order valence-electron chi connectivity index (χ3n) is 2.90. The Kier molecular flexibility index (Phi) is 5.76. The van der Waals surface area contributed by atoms with Crippen molar-refractivity contribution in [1.29, 1.82) is 0 Å². The van der Waals surface area contributed by atoms with Gasteiger partial charge < -0.3 is 5.32 Å². The molecule has 18 heavy (non-hydrogen) atoms. The van der Waals surface area contributed by atoms with Crippen molar-refractivity contribution in [2.45, 2.75) is 39.7 Å². The molecule has 0 fully saturated rings. The minimum atomic E-state index is 0.159. The maximum Gasteiger partial charge on any atom is 0.107 e. The van der Waals surface area contributed by atoms with Crippen molar-refractivity contribution in [3.8, 4) is 0 Å². The second kappa shape index (κ2) is 6.64. The molecule has 0 aliphatic rings. The van der Waals surface area contributed by atoms with Gasteiger partial charge in [0, 0.05) is 17.3 Å². The van der Waals surface area contributed by atoms with Crippen LogP contribution in [0.3, 0.4) is 0 Å². The molecule has 0 amide bonds. The van der Waals surface area contributed by atoms with Gasteiger partial charge >= 0.3 is 0 Å². The third-order valence-corrected chi connectivity index (χ3v) is 3.73. The highest BCUT2D eigenvalue weighted by atomic mass is 32.1. The molecule has 1 aromatic rings. The molecule has 0 spiro atoms. The van der Waals surface area contributed by atoms with Gasteiger partial charge in [0.25, 0.3) is 0 Å². The van der Waals surface area contributed by atoms with Crippen LogP contribution in [0.15, 0.2) is 5.38 Å². The Morgan fingerprint density at radius 3 is 2.61 bits per heavy atom. The molecule has 0 aliphatic heterocycles. The highest BCUT2D eigenvalue weighted by Gasteiger charge is 2.18. The topological polar surface area (TPSA) is 28.2 Å². The van der Waals surface area contributed by atoms with E-state index in [1.165, 1.54) is 10.7 Å². The van der Waals surface area contributed by atoms with Gasteiger partial charge in [0.1, 0.15) is 5.01 Å². The summed E-state index contributed by atoms with van der Waals surface area (Å²) in [6.07, 6.45) is 0. The van der Waals surface area contributed by atoms with Gasteiger partial charge in [-0.1, -0.05) is 27.7 Å². The first kappa shape index (κ1) is 15.6. The monoisotopic (exact) mass is 269 g/mol.